The number of hydrogen-bond acceptors (Lipinski definition) is 3. The normalized spacial score (nSPS) is 19.1. The van der Waals surface area contributed by atoms with Gasteiger partial charge in [0.15, 0.2) is 0 Å². The second-order valence-corrected chi connectivity index (χ2v) is 8.31. The van der Waals surface area contributed by atoms with Gasteiger partial charge in [-0.15, -0.1) is 0 Å². The maximum Gasteiger partial charge on any atom is 0.331 e. The highest BCUT2D eigenvalue weighted by molar-refractivity contribution is 6.31. The van der Waals surface area contributed by atoms with Crippen LogP contribution in [0.2, 0.25) is 0 Å². The Morgan fingerprint density at radius 2 is 1.73 bits per heavy atom. The van der Waals surface area contributed by atoms with Gasteiger partial charge in [0.25, 0.3) is 11.8 Å². The predicted octanol–water partition coefficient (Wildman–Crippen LogP) is 4.12. The first kappa shape index (κ1) is 20.1. The van der Waals surface area contributed by atoms with E-state index in [0.29, 0.717) is 0 Å². The smallest absolute Gasteiger partial charge is 0.318 e. The maximum atomic E-state index is 13.1. The van der Waals surface area contributed by atoms with Gasteiger partial charge < -0.3 is 4.57 Å². The van der Waals surface area contributed by atoms with E-state index in [2.05, 4.69) is 35.9 Å². The fourth-order valence-electron chi connectivity index (χ4n) is 4.60. The first-order chi connectivity index (χ1) is 14.3. The Morgan fingerprint density at radius 3 is 2.43 bits per heavy atom. The number of imide groups is 2. The summed E-state index contributed by atoms with van der Waals surface area (Å²) in [6.45, 7) is 8.15. The van der Waals surface area contributed by atoms with E-state index in [4.69, 9.17) is 0 Å². The fraction of sp³-hybridized carbons (Fsp3) is 0.375. The van der Waals surface area contributed by atoms with Crippen molar-refractivity contribution in [2.45, 2.75) is 59.4 Å². The molecular formula is C24H27N3O3. The van der Waals surface area contributed by atoms with Gasteiger partial charge in [0.2, 0.25) is 0 Å². The van der Waals surface area contributed by atoms with E-state index in [9.17, 15) is 14.4 Å². The van der Waals surface area contributed by atoms with E-state index < -0.39 is 17.8 Å². The summed E-state index contributed by atoms with van der Waals surface area (Å²) in [5.41, 5.74) is 6.24. The van der Waals surface area contributed by atoms with Crippen LogP contribution < -0.4 is 5.32 Å². The van der Waals surface area contributed by atoms with E-state index >= 15 is 0 Å². The second-order valence-electron chi connectivity index (χ2n) is 8.31. The molecule has 156 valence electrons. The van der Waals surface area contributed by atoms with Crippen molar-refractivity contribution in [1.82, 2.24) is 14.8 Å². The lowest BCUT2D eigenvalue weighted by molar-refractivity contribution is -0.131. The first-order valence-electron chi connectivity index (χ1n) is 10.5. The summed E-state index contributed by atoms with van der Waals surface area (Å²) >= 11 is 0. The standard InChI is InChI=1S/C24H27N3O3/c1-14-8-7-11-21(16(14)3)26-15(2)12-18(17(26)4)13-20-22(28)25-24(30)27(23(20)29)19-9-5-6-10-19/h7-8,11-13,19H,5-6,9-10H2,1-4H3,(H,25,28,30)/b20-13-. The summed E-state index contributed by atoms with van der Waals surface area (Å²) in [5, 5.41) is 2.35. The predicted molar refractivity (Wildman–Crippen MR) is 115 cm³/mol. The number of benzene rings is 1. The third-order valence-electron chi connectivity index (χ3n) is 6.41. The number of amides is 4. The molecule has 0 unspecified atom stereocenters. The summed E-state index contributed by atoms with van der Waals surface area (Å²) in [6.07, 6.45) is 5.19. The van der Waals surface area contributed by atoms with Crippen LogP contribution in [0.25, 0.3) is 11.8 Å². The largest absolute Gasteiger partial charge is 0.331 e. The van der Waals surface area contributed by atoms with Crippen LogP contribution in [0.3, 0.4) is 0 Å². The van der Waals surface area contributed by atoms with E-state index in [1.54, 1.807) is 6.08 Å². The Bertz CT molecular complexity index is 1090. The van der Waals surface area contributed by atoms with Crippen LogP contribution in [0.5, 0.6) is 0 Å². The van der Waals surface area contributed by atoms with E-state index in [1.807, 2.05) is 26.0 Å². The fourth-order valence-corrected chi connectivity index (χ4v) is 4.60. The van der Waals surface area contributed by atoms with Gasteiger partial charge in [-0.05, 0) is 75.4 Å². The van der Waals surface area contributed by atoms with Crippen LogP contribution in [-0.4, -0.2) is 33.4 Å². The van der Waals surface area contributed by atoms with Gasteiger partial charge in [-0.1, -0.05) is 25.0 Å². The molecule has 6 heteroatoms. The quantitative estimate of drug-likeness (QED) is 0.617. The monoisotopic (exact) mass is 405 g/mol. The van der Waals surface area contributed by atoms with E-state index in [1.165, 1.54) is 16.0 Å². The van der Waals surface area contributed by atoms with Gasteiger partial charge in [-0.25, -0.2) is 4.79 Å². The number of nitrogens with zero attached hydrogens (tertiary/aromatic N) is 2. The summed E-state index contributed by atoms with van der Waals surface area (Å²) in [6, 6.07) is 7.42. The minimum atomic E-state index is -0.629. The van der Waals surface area contributed by atoms with Gasteiger partial charge in [-0.3, -0.25) is 19.8 Å². The highest BCUT2D eigenvalue weighted by atomic mass is 16.2. The lowest BCUT2D eigenvalue weighted by atomic mass is 10.1. The van der Waals surface area contributed by atoms with Crippen molar-refractivity contribution in [1.29, 1.82) is 0 Å². The van der Waals surface area contributed by atoms with Crippen LogP contribution in [0.4, 0.5) is 4.79 Å². The Balaban J connectivity index is 1.76. The molecule has 1 aliphatic heterocycles. The Hall–Kier alpha value is -3.15. The Kier molecular flexibility index (Phi) is 5.10. The van der Waals surface area contributed by atoms with Gasteiger partial charge >= 0.3 is 6.03 Å². The van der Waals surface area contributed by atoms with Crippen molar-refractivity contribution < 1.29 is 14.4 Å². The molecule has 1 aromatic heterocycles. The van der Waals surface area contributed by atoms with Crippen LogP contribution >= 0.6 is 0 Å². The molecule has 4 amide bonds. The average molecular weight is 405 g/mol. The summed E-state index contributed by atoms with van der Waals surface area (Å²) < 4.78 is 2.14. The molecule has 1 saturated heterocycles. The maximum absolute atomic E-state index is 13.1. The topological polar surface area (TPSA) is 71.4 Å². The van der Waals surface area contributed by atoms with Gasteiger partial charge in [0.1, 0.15) is 5.57 Å². The molecule has 2 aromatic rings. The van der Waals surface area contributed by atoms with Crippen LogP contribution in [-0.2, 0) is 9.59 Å². The molecule has 1 aromatic carbocycles. The number of urea groups is 1. The highest BCUT2D eigenvalue weighted by Crippen LogP contribution is 2.29. The summed E-state index contributed by atoms with van der Waals surface area (Å²) in [4.78, 5) is 39.1. The first-order valence-corrected chi connectivity index (χ1v) is 10.5. The third kappa shape index (κ3) is 3.26. The van der Waals surface area contributed by atoms with E-state index in [-0.39, 0.29) is 11.6 Å². The number of carbonyl (C=O) groups is 3. The average Bonchev–Trinajstić information content (AvgIpc) is 3.30. The van der Waals surface area contributed by atoms with Crippen LogP contribution in [0.1, 0.15) is 53.8 Å². The number of rotatable bonds is 3. The molecule has 2 aliphatic rings. The zero-order valence-corrected chi connectivity index (χ0v) is 17.9. The molecule has 6 nitrogen and oxygen atoms in total. The number of aryl methyl sites for hydroxylation is 2. The third-order valence-corrected chi connectivity index (χ3v) is 6.41. The van der Waals surface area contributed by atoms with Gasteiger partial charge in [0, 0.05) is 23.1 Å². The lowest BCUT2D eigenvalue weighted by Crippen LogP contribution is -2.57. The molecule has 0 bridgehead atoms. The van der Waals surface area contributed by atoms with Crippen LogP contribution in [0, 0.1) is 27.7 Å². The van der Waals surface area contributed by atoms with Gasteiger partial charge in [-0.2, -0.15) is 0 Å². The molecule has 30 heavy (non-hydrogen) atoms. The SMILES string of the molecule is Cc1cccc(-n2c(C)cc(/C=C3/C(=O)NC(=O)N(C4CCCC4)C3=O)c2C)c1C. The zero-order valence-electron chi connectivity index (χ0n) is 17.9. The summed E-state index contributed by atoms with van der Waals surface area (Å²) in [5.74, 6) is -1.12. The number of barbiturate groups is 1. The molecule has 2 heterocycles. The zero-order chi connectivity index (χ0) is 21.6. The minimum Gasteiger partial charge on any atom is -0.318 e. The van der Waals surface area contributed by atoms with Crippen LogP contribution in [0.15, 0.2) is 29.8 Å². The summed E-state index contributed by atoms with van der Waals surface area (Å²) in [7, 11) is 0. The molecule has 1 N–H and O–H groups in total. The van der Waals surface area contributed by atoms with Crippen molar-refractivity contribution in [2.75, 3.05) is 0 Å². The molecular weight excluding hydrogens is 378 g/mol. The molecule has 4 rings (SSSR count). The Morgan fingerprint density at radius 1 is 1.03 bits per heavy atom. The minimum absolute atomic E-state index is 0.0164. The number of aromatic nitrogens is 1. The number of hydrogen-bond donors (Lipinski definition) is 1. The Labute approximate surface area is 176 Å². The molecule has 0 atom stereocenters. The molecule has 0 radical (unpaired) electrons. The van der Waals surface area contributed by atoms with E-state index in [0.717, 1.165) is 48.3 Å². The van der Waals surface area contributed by atoms with Crippen molar-refractivity contribution in [2.24, 2.45) is 0 Å². The second kappa shape index (κ2) is 7.59. The number of carbonyl (C=O) groups excluding carboxylic acids is 3. The van der Waals surface area contributed by atoms with Crippen molar-refractivity contribution in [3.05, 3.63) is 57.9 Å². The number of nitrogens with one attached hydrogen (secondary N) is 1. The molecule has 1 aliphatic carbocycles. The van der Waals surface area contributed by atoms with Gasteiger partial charge in [0.05, 0.1) is 0 Å². The highest BCUT2D eigenvalue weighted by Gasteiger charge is 2.40. The van der Waals surface area contributed by atoms with Crippen molar-refractivity contribution in [3.8, 4) is 5.69 Å². The molecule has 2 fully saturated rings. The van der Waals surface area contributed by atoms with Crippen molar-refractivity contribution >= 4 is 23.9 Å². The van der Waals surface area contributed by atoms with Crippen molar-refractivity contribution in [3.63, 3.8) is 0 Å². The molecule has 0 spiro atoms. The lowest BCUT2D eigenvalue weighted by Gasteiger charge is -2.31. The molecule has 1 saturated carbocycles.